The van der Waals surface area contributed by atoms with Crippen molar-refractivity contribution < 1.29 is 4.79 Å². The number of amides is 1. The molecular weight excluding hydrogens is 402 g/mol. The Morgan fingerprint density at radius 2 is 1.97 bits per heavy atom. The zero-order valence-corrected chi connectivity index (χ0v) is 18.3. The van der Waals surface area contributed by atoms with E-state index in [-0.39, 0.29) is 16.6 Å². The molecule has 0 radical (unpaired) electrons. The minimum absolute atomic E-state index is 0.168. The van der Waals surface area contributed by atoms with Crippen molar-refractivity contribution in [2.45, 2.75) is 40.2 Å². The number of nitriles is 1. The number of hydrogen-bond donors (Lipinski definition) is 0. The Kier molecular flexibility index (Phi) is 5.69. The first kappa shape index (κ1) is 21.2. The van der Waals surface area contributed by atoms with Gasteiger partial charge in [0.15, 0.2) is 5.49 Å². The van der Waals surface area contributed by atoms with Gasteiger partial charge in [0.2, 0.25) is 0 Å². The zero-order chi connectivity index (χ0) is 22.8. The number of nitrogens with zero attached hydrogens (tertiary/aromatic N) is 5. The molecule has 0 fully saturated rings. The maximum absolute atomic E-state index is 13.2. The SMILES string of the molecule is CCCCn1c(=NC(=O)c2cccc(C)c2)c(C#N)cc2c(=O)n3cccc(C)c3nc21. The third-order valence-corrected chi connectivity index (χ3v) is 5.43. The van der Waals surface area contributed by atoms with E-state index in [0.29, 0.717) is 28.8 Å². The first-order chi connectivity index (χ1) is 15.4. The second-order valence-electron chi connectivity index (χ2n) is 7.82. The fourth-order valence-corrected chi connectivity index (χ4v) is 3.76. The predicted molar refractivity (Wildman–Crippen MR) is 122 cm³/mol. The highest BCUT2D eigenvalue weighted by atomic mass is 16.1. The summed E-state index contributed by atoms with van der Waals surface area (Å²) in [6.45, 7) is 6.32. The average molecular weight is 425 g/mol. The maximum atomic E-state index is 13.2. The molecule has 0 N–H and O–H groups in total. The smallest absolute Gasteiger partial charge is 0.279 e. The van der Waals surface area contributed by atoms with E-state index in [1.165, 1.54) is 10.5 Å². The number of fused-ring (bicyclic) bond motifs is 2. The van der Waals surface area contributed by atoms with Crippen LogP contribution in [0.2, 0.25) is 0 Å². The normalized spacial score (nSPS) is 11.8. The first-order valence-corrected chi connectivity index (χ1v) is 10.6. The number of benzene rings is 1. The molecule has 0 saturated carbocycles. The molecule has 4 rings (SSSR count). The Morgan fingerprint density at radius 3 is 2.69 bits per heavy atom. The Balaban J connectivity index is 2.11. The van der Waals surface area contributed by atoms with E-state index in [1.54, 1.807) is 35.0 Å². The molecule has 7 nitrogen and oxygen atoms in total. The summed E-state index contributed by atoms with van der Waals surface area (Å²) in [7, 11) is 0. The molecule has 0 bridgehead atoms. The Bertz CT molecular complexity index is 1540. The van der Waals surface area contributed by atoms with Crippen LogP contribution in [0.1, 0.15) is 46.8 Å². The van der Waals surface area contributed by atoms with E-state index < -0.39 is 5.91 Å². The highest BCUT2D eigenvalue weighted by Gasteiger charge is 2.16. The molecule has 0 atom stereocenters. The average Bonchev–Trinajstić information content (AvgIpc) is 2.79. The van der Waals surface area contributed by atoms with E-state index in [4.69, 9.17) is 4.98 Å². The van der Waals surface area contributed by atoms with Crippen molar-refractivity contribution in [3.63, 3.8) is 0 Å². The topological polar surface area (TPSA) is 92.5 Å². The van der Waals surface area contributed by atoms with Crippen LogP contribution in [0.25, 0.3) is 16.7 Å². The second-order valence-corrected chi connectivity index (χ2v) is 7.82. The third kappa shape index (κ3) is 3.71. The molecule has 3 heterocycles. The summed E-state index contributed by atoms with van der Waals surface area (Å²) in [5.41, 5.74) is 3.34. The van der Waals surface area contributed by atoms with Gasteiger partial charge in [-0.2, -0.15) is 10.3 Å². The van der Waals surface area contributed by atoms with Gasteiger partial charge in [-0.3, -0.25) is 14.0 Å². The van der Waals surface area contributed by atoms with Crippen molar-refractivity contribution in [1.82, 2.24) is 14.0 Å². The molecular formula is C25H23N5O2. The van der Waals surface area contributed by atoms with Gasteiger partial charge in [0.1, 0.15) is 17.4 Å². The number of aromatic nitrogens is 3. The van der Waals surface area contributed by atoms with E-state index in [2.05, 4.69) is 11.1 Å². The maximum Gasteiger partial charge on any atom is 0.279 e. The van der Waals surface area contributed by atoms with Gasteiger partial charge in [0, 0.05) is 18.3 Å². The number of rotatable bonds is 4. The summed E-state index contributed by atoms with van der Waals surface area (Å²) >= 11 is 0. The fraction of sp³-hybridized carbons (Fsp3) is 0.240. The van der Waals surface area contributed by atoms with Gasteiger partial charge in [-0.25, -0.2) is 4.98 Å². The van der Waals surface area contributed by atoms with Crippen molar-refractivity contribution >= 4 is 22.6 Å². The number of aryl methyl sites for hydroxylation is 3. The zero-order valence-electron chi connectivity index (χ0n) is 18.3. The summed E-state index contributed by atoms with van der Waals surface area (Å²) in [5.74, 6) is -0.441. The molecule has 0 aliphatic rings. The van der Waals surface area contributed by atoms with Crippen molar-refractivity contribution in [3.8, 4) is 6.07 Å². The van der Waals surface area contributed by atoms with Crippen LogP contribution in [-0.4, -0.2) is 19.9 Å². The van der Waals surface area contributed by atoms with Crippen molar-refractivity contribution in [1.29, 1.82) is 5.26 Å². The molecule has 4 aromatic rings. The Hall–Kier alpha value is -4.05. The molecule has 3 aromatic heterocycles. The summed E-state index contributed by atoms with van der Waals surface area (Å²) < 4.78 is 3.22. The van der Waals surface area contributed by atoms with Crippen LogP contribution < -0.4 is 11.0 Å². The van der Waals surface area contributed by atoms with Crippen molar-refractivity contribution in [2.75, 3.05) is 0 Å². The summed E-state index contributed by atoms with van der Waals surface area (Å²) in [6.07, 6.45) is 3.34. The number of unbranched alkanes of at least 4 members (excludes halogenated alkanes) is 1. The minimum atomic E-state index is -0.441. The van der Waals surface area contributed by atoms with Crippen molar-refractivity contribution in [2.24, 2.45) is 4.99 Å². The molecule has 0 unspecified atom stereocenters. The lowest BCUT2D eigenvalue weighted by molar-refractivity contribution is 0.0997. The molecule has 0 aliphatic heterocycles. The molecule has 7 heteroatoms. The first-order valence-electron chi connectivity index (χ1n) is 10.6. The van der Waals surface area contributed by atoms with Crippen LogP contribution in [0.3, 0.4) is 0 Å². The number of pyridine rings is 2. The van der Waals surface area contributed by atoms with Gasteiger partial charge < -0.3 is 4.57 Å². The summed E-state index contributed by atoms with van der Waals surface area (Å²) in [4.78, 5) is 35.3. The van der Waals surface area contributed by atoms with Crippen LogP contribution in [0, 0.1) is 25.2 Å². The number of hydrogen-bond acceptors (Lipinski definition) is 4. The molecule has 32 heavy (non-hydrogen) atoms. The number of carbonyl (C=O) groups excluding carboxylic acids is 1. The van der Waals surface area contributed by atoms with Gasteiger partial charge in [-0.05, 0) is 50.1 Å². The van der Waals surface area contributed by atoms with Gasteiger partial charge in [-0.1, -0.05) is 37.1 Å². The predicted octanol–water partition coefficient (Wildman–Crippen LogP) is 3.68. The molecule has 0 aliphatic carbocycles. The monoisotopic (exact) mass is 425 g/mol. The van der Waals surface area contributed by atoms with Crippen LogP contribution in [0.4, 0.5) is 0 Å². The molecule has 0 spiro atoms. The highest BCUT2D eigenvalue weighted by Crippen LogP contribution is 2.14. The molecule has 160 valence electrons. The Labute approximate surface area is 184 Å². The molecule has 1 aromatic carbocycles. The largest absolute Gasteiger partial charge is 0.309 e. The van der Waals surface area contributed by atoms with Crippen LogP contribution in [0.15, 0.2) is 58.4 Å². The highest BCUT2D eigenvalue weighted by molar-refractivity contribution is 5.95. The molecule has 1 amide bonds. The lowest BCUT2D eigenvalue weighted by Gasteiger charge is -2.14. The van der Waals surface area contributed by atoms with E-state index >= 15 is 0 Å². The van der Waals surface area contributed by atoms with Crippen LogP contribution >= 0.6 is 0 Å². The van der Waals surface area contributed by atoms with Crippen LogP contribution in [-0.2, 0) is 6.54 Å². The van der Waals surface area contributed by atoms with E-state index in [1.807, 2.05) is 32.9 Å². The summed E-state index contributed by atoms with van der Waals surface area (Å²) in [5, 5.41) is 10.2. The summed E-state index contributed by atoms with van der Waals surface area (Å²) in [6, 6.07) is 14.4. The lowest BCUT2D eigenvalue weighted by Crippen LogP contribution is -2.29. The van der Waals surface area contributed by atoms with Gasteiger partial charge in [0.05, 0.1) is 10.9 Å². The fourth-order valence-electron chi connectivity index (χ4n) is 3.76. The van der Waals surface area contributed by atoms with Crippen LogP contribution in [0.5, 0.6) is 0 Å². The number of carbonyl (C=O) groups is 1. The second kappa shape index (κ2) is 8.60. The van der Waals surface area contributed by atoms with E-state index in [9.17, 15) is 14.9 Å². The van der Waals surface area contributed by atoms with Gasteiger partial charge in [0.25, 0.3) is 11.5 Å². The Morgan fingerprint density at radius 1 is 1.16 bits per heavy atom. The van der Waals surface area contributed by atoms with E-state index in [0.717, 1.165) is 24.0 Å². The third-order valence-electron chi connectivity index (χ3n) is 5.43. The van der Waals surface area contributed by atoms with Gasteiger partial charge in [-0.15, -0.1) is 0 Å². The standard InChI is InChI=1S/C25H23N5O2/c1-4-5-11-29-22(28-24(31)18-10-6-8-16(2)13-18)19(15-26)14-20-23(29)27-21-17(3)9-7-12-30(21)25(20)32/h6-10,12-14H,4-5,11H2,1-3H3. The van der Waals surface area contributed by atoms with Crippen molar-refractivity contribution in [3.05, 3.63) is 86.8 Å². The molecule has 0 saturated heterocycles. The quantitative estimate of drug-likeness (QED) is 0.466. The lowest BCUT2D eigenvalue weighted by atomic mass is 10.1. The minimum Gasteiger partial charge on any atom is -0.309 e. The van der Waals surface area contributed by atoms with Gasteiger partial charge >= 0.3 is 0 Å².